The molecule has 0 atom stereocenters. The van der Waals surface area contributed by atoms with Gasteiger partial charge in [0.15, 0.2) is 0 Å². The van der Waals surface area contributed by atoms with Crippen LogP contribution in [0.25, 0.3) is 0 Å². The summed E-state index contributed by atoms with van der Waals surface area (Å²) in [4.78, 5) is 58.0. The van der Waals surface area contributed by atoms with Crippen molar-refractivity contribution in [3.8, 4) is 0 Å². The molecule has 0 saturated carbocycles. The molecule has 108 valence electrons. The van der Waals surface area contributed by atoms with Crippen molar-refractivity contribution in [1.29, 1.82) is 0 Å². The Morgan fingerprint density at radius 2 is 1.57 bits per heavy atom. The fourth-order valence-corrected chi connectivity index (χ4v) is 2.21. The van der Waals surface area contributed by atoms with E-state index < -0.39 is 7.82 Å². The van der Waals surface area contributed by atoms with Crippen LogP contribution in [0.4, 0.5) is 17.1 Å². The second kappa shape index (κ2) is 7.56. The van der Waals surface area contributed by atoms with Crippen LogP contribution in [0.15, 0.2) is 32.0 Å². The van der Waals surface area contributed by atoms with Gasteiger partial charge in [0.2, 0.25) is 18.2 Å². The van der Waals surface area contributed by atoms with Crippen LogP contribution >= 0.6 is 19.9 Å². The molecule has 12 heteroatoms. The van der Waals surface area contributed by atoms with Gasteiger partial charge in [0.1, 0.15) is 17.1 Å². The van der Waals surface area contributed by atoms with Crippen molar-refractivity contribution in [2.45, 2.75) is 4.90 Å². The summed E-state index contributed by atoms with van der Waals surface area (Å²) in [6.07, 6.45) is 3.55. The first kappa shape index (κ1) is 16.9. The number of aliphatic imine (C=N–C) groups is 3. The van der Waals surface area contributed by atoms with Gasteiger partial charge in [0.05, 0.1) is 4.90 Å². The van der Waals surface area contributed by atoms with Crippen LogP contribution in [0, 0.1) is 0 Å². The Morgan fingerprint density at radius 3 is 2.10 bits per heavy atom. The van der Waals surface area contributed by atoms with Crippen molar-refractivity contribution in [2.75, 3.05) is 0 Å². The largest absolute Gasteiger partial charge is 0.481 e. The van der Waals surface area contributed by atoms with Gasteiger partial charge in [-0.1, -0.05) is 0 Å². The normalized spacial score (nSPS) is 10.0. The predicted octanol–water partition coefficient (Wildman–Crippen LogP) is 1.70. The SMILES string of the molecule is O=C=Nc1ccc(SOP(=O)(O)O)c(N=C=O)c1N=C=O. The van der Waals surface area contributed by atoms with Crippen molar-refractivity contribution in [3.05, 3.63) is 12.1 Å². The van der Waals surface area contributed by atoms with Crippen molar-refractivity contribution < 1.29 is 32.7 Å². The van der Waals surface area contributed by atoms with Crippen molar-refractivity contribution in [3.63, 3.8) is 0 Å². The molecule has 1 aromatic carbocycles. The molecule has 0 radical (unpaired) electrons. The van der Waals surface area contributed by atoms with E-state index in [-0.39, 0.29) is 34.0 Å². The molecule has 0 fully saturated rings. The van der Waals surface area contributed by atoms with Crippen LogP contribution in [-0.2, 0) is 22.9 Å². The van der Waals surface area contributed by atoms with Gasteiger partial charge >= 0.3 is 7.82 Å². The number of hydrogen-bond donors (Lipinski definition) is 2. The van der Waals surface area contributed by atoms with E-state index in [2.05, 4.69) is 18.9 Å². The van der Waals surface area contributed by atoms with E-state index in [0.29, 0.717) is 0 Å². The highest BCUT2D eigenvalue weighted by atomic mass is 32.2. The fraction of sp³-hybridized carbons (Fsp3) is 0. The molecule has 1 aromatic rings. The molecule has 0 bridgehead atoms. The molecule has 0 heterocycles. The number of carbonyl (C=O) groups excluding carboxylic acids is 3. The summed E-state index contributed by atoms with van der Waals surface area (Å²) in [6, 6.07) is 2.37. The summed E-state index contributed by atoms with van der Waals surface area (Å²) in [5, 5.41) is 0. The quantitative estimate of drug-likeness (QED) is 0.346. The molecule has 10 nitrogen and oxygen atoms in total. The minimum Gasteiger partial charge on any atom is -0.302 e. The first-order valence-electron chi connectivity index (χ1n) is 4.75. The molecule has 0 aromatic heterocycles. The Hall–Kier alpha value is -2.18. The highest BCUT2D eigenvalue weighted by Crippen LogP contribution is 2.49. The van der Waals surface area contributed by atoms with Gasteiger partial charge in [0.25, 0.3) is 0 Å². The van der Waals surface area contributed by atoms with Crippen LogP contribution in [0.3, 0.4) is 0 Å². The van der Waals surface area contributed by atoms with E-state index in [1.807, 2.05) is 0 Å². The molecule has 1 rings (SSSR count). The highest BCUT2D eigenvalue weighted by Gasteiger charge is 2.20. The zero-order chi connectivity index (χ0) is 15.9. The van der Waals surface area contributed by atoms with Gasteiger partial charge < -0.3 is 9.79 Å². The summed E-state index contributed by atoms with van der Waals surface area (Å²) >= 11 is 0.195. The lowest BCUT2D eigenvalue weighted by Gasteiger charge is -2.08. The van der Waals surface area contributed by atoms with Crippen LogP contribution in [0.1, 0.15) is 0 Å². The van der Waals surface area contributed by atoms with Gasteiger partial charge in [-0.3, -0.25) is 0 Å². The van der Waals surface area contributed by atoms with E-state index in [0.717, 1.165) is 0 Å². The number of hydrogen-bond acceptors (Lipinski definition) is 9. The molecule has 0 aliphatic carbocycles. The minimum absolute atomic E-state index is 0.0690. The third-order valence-corrected chi connectivity index (χ3v) is 3.38. The van der Waals surface area contributed by atoms with E-state index in [1.54, 1.807) is 0 Å². The van der Waals surface area contributed by atoms with E-state index in [4.69, 9.17) is 9.79 Å². The lowest BCUT2D eigenvalue weighted by Crippen LogP contribution is -1.82. The average molecular weight is 329 g/mol. The molecule has 0 aliphatic rings. The Labute approximate surface area is 120 Å². The monoisotopic (exact) mass is 329 g/mol. The predicted molar refractivity (Wildman–Crippen MR) is 68.8 cm³/mol. The molecule has 0 aliphatic heterocycles. The average Bonchev–Trinajstić information content (AvgIpc) is 2.40. The summed E-state index contributed by atoms with van der Waals surface area (Å²) in [5.41, 5.74) is -0.790. The summed E-state index contributed by atoms with van der Waals surface area (Å²) in [6.45, 7) is 0. The molecule has 0 saturated heterocycles. The Balaban J connectivity index is 3.48. The van der Waals surface area contributed by atoms with Crippen LogP contribution in [0.2, 0.25) is 0 Å². The Bertz CT molecular complexity index is 742. The minimum atomic E-state index is -4.80. The van der Waals surface area contributed by atoms with Crippen molar-refractivity contribution in [2.24, 2.45) is 15.0 Å². The van der Waals surface area contributed by atoms with E-state index in [1.165, 1.54) is 30.4 Å². The second-order valence-electron chi connectivity index (χ2n) is 3.04. The van der Waals surface area contributed by atoms with E-state index >= 15 is 0 Å². The maximum absolute atomic E-state index is 10.6. The van der Waals surface area contributed by atoms with Crippen LogP contribution < -0.4 is 0 Å². The molecular formula is C9H4N3O7PS. The first-order valence-corrected chi connectivity index (χ1v) is 7.02. The van der Waals surface area contributed by atoms with Gasteiger partial charge in [-0.05, 0) is 12.1 Å². The number of isocyanates is 3. The summed E-state index contributed by atoms with van der Waals surface area (Å²) in [7, 11) is -4.80. The molecule has 21 heavy (non-hydrogen) atoms. The van der Waals surface area contributed by atoms with Gasteiger partial charge in [-0.25, -0.2) is 22.9 Å². The number of nitrogens with zero attached hydrogens (tertiary/aromatic N) is 3. The van der Waals surface area contributed by atoms with Gasteiger partial charge in [-0.15, -0.1) is 0 Å². The Morgan fingerprint density at radius 1 is 1.00 bits per heavy atom. The molecule has 2 N–H and O–H groups in total. The maximum Gasteiger partial charge on any atom is 0.481 e. The number of benzene rings is 1. The Kier molecular flexibility index (Phi) is 6.08. The van der Waals surface area contributed by atoms with Crippen LogP contribution in [0.5, 0.6) is 0 Å². The molecule has 0 amide bonds. The van der Waals surface area contributed by atoms with Gasteiger partial charge in [-0.2, -0.15) is 15.0 Å². The van der Waals surface area contributed by atoms with Gasteiger partial charge in [0, 0.05) is 12.0 Å². The maximum atomic E-state index is 10.6. The molecular weight excluding hydrogens is 325 g/mol. The lowest BCUT2D eigenvalue weighted by molar-refractivity contribution is 0.298. The highest BCUT2D eigenvalue weighted by molar-refractivity contribution is 7.98. The summed E-state index contributed by atoms with van der Waals surface area (Å²) < 4.78 is 14.8. The summed E-state index contributed by atoms with van der Waals surface area (Å²) in [5.74, 6) is 0. The first-order chi connectivity index (χ1) is 9.92. The number of rotatable bonds is 6. The van der Waals surface area contributed by atoms with E-state index in [9.17, 15) is 18.9 Å². The zero-order valence-corrected chi connectivity index (χ0v) is 11.5. The smallest absolute Gasteiger partial charge is 0.302 e. The van der Waals surface area contributed by atoms with Crippen molar-refractivity contribution >= 4 is 55.2 Å². The van der Waals surface area contributed by atoms with Crippen LogP contribution in [-0.4, -0.2) is 28.0 Å². The molecule has 0 unspecified atom stereocenters. The molecule has 0 spiro atoms. The zero-order valence-electron chi connectivity index (χ0n) is 9.79. The standard InChI is InChI=1S/C9H4N3O7PS/c13-3-10-6-1-2-7(21-19-20(16,17)18)9(12-5-15)8(6)11-4-14/h1-2H,(H2,16,17,18). The topological polar surface area (TPSA) is 155 Å². The third kappa shape index (κ3) is 5.02. The third-order valence-electron chi connectivity index (χ3n) is 1.80. The fourth-order valence-electron chi connectivity index (χ4n) is 1.16. The second-order valence-corrected chi connectivity index (χ2v) is 5.22. The van der Waals surface area contributed by atoms with Crippen molar-refractivity contribution in [1.82, 2.24) is 0 Å². The number of phosphoric acid groups is 1. The lowest BCUT2D eigenvalue weighted by atomic mass is 10.2.